The van der Waals surface area contributed by atoms with Gasteiger partial charge in [0.1, 0.15) is 11.5 Å². The van der Waals surface area contributed by atoms with Crippen LogP contribution in [0.1, 0.15) is 32.1 Å². The van der Waals surface area contributed by atoms with Gasteiger partial charge < -0.3 is 10.9 Å². The molecule has 0 N–H and O–H groups in total. The number of ether oxygens (including phenoxy) is 2. The first-order valence-corrected chi connectivity index (χ1v) is 9.25. The summed E-state index contributed by atoms with van der Waals surface area (Å²) >= 11 is 6.32. The number of hydrogen-bond donors (Lipinski definition) is 0. The maximum Gasteiger partial charge on any atom is 1.00 e. The standard InChI is InChI=1S/C19H22ClO3P.Li.H/c1-13(2)10-11-23-14-8-9-18(16(20)12-14)24-19(21)15-6-4-5-7-17(15)22-3;;/h4-9,12-13,24H,10-11H2,1-3H3;;/q;+1;-1. The van der Waals surface area contributed by atoms with Crippen LogP contribution < -0.4 is 33.6 Å². The van der Waals surface area contributed by atoms with Crippen molar-refractivity contribution >= 4 is 31.0 Å². The maximum atomic E-state index is 12.5. The third-order valence-electron chi connectivity index (χ3n) is 3.50. The SMILES string of the molecule is COc1ccccc1C(=O)Pc1ccc(OCCC(C)C)cc1Cl.[H-].[Li+]. The predicted molar refractivity (Wildman–Crippen MR) is 103 cm³/mol. The van der Waals surface area contributed by atoms with Crippen molar-refractivity contribution in [3.63, 3.8) is 0 Å². The van der Waals surface area contributed by atoms with E-state index in [1.807, 2.05) is 24.3 Å². The van der Waals surface area contributed by atoms with E-state index in [0.717, 1.165) is 17.5 Å². The average molecular weight is 373 g/mol. The molecule has 0 aliphatic rings. The van der Waals surface area contributed by atoms with Gasteiger partial charge in [-0.25, -0.2) is 0 Å². The van der Waals surface area contributed by atoms with Gasteiger partial charge in [-0.3, -0.25) is 4.79 Å². The van der Waals surface area contributed by atoms with Crippen molar-refractivity contribution in [2.45, 2.75) is 20.3 Å². The molecule has 0 fully saturated rings. The summed E-state index contributed by atoms with van der Waals surface area (Å²) in [6.07, 6.45) is 0.993. The van der Waals surface area contributed by atoms with E-state index < -0.39 is 0 Å². The quantitative estimate of drug-likeness (QED) is 0.525. The van der Waals surface area contributed by atoms with Crippen molar-refractivity contribution in [1.82, 2.24) is 0 Å². The number of benzene rings is 2. The van der Waals surface area contributed by atoms with Crippen LogP contribution in [0.4, 0.5) is 0 Å². The monoisotopic (exact) mass is 372 g/mol. The van der Waals surface area contributed by atoms with Crippen LogP contribution in [-0.2, 0) is 0 Å². The third-order valence-corrected chi connectivity index (χ3v) is 5.18. The first-order valence-electron chi connectivity index (χ1n) is 7.88. The fraction of sp³-hybridized carbons (Fsp3) is 0.316. The molecule has 0 amide bonds. The molecular weight excluding hydrogens is 350 g/mol. The van der Waals surface area contributed by atoms with E-state index in [9.17, 15) is 4.79 Å². The molecule has 25 heavy (non-hydrogen) atoms. The second-order valence-corrected chi connectivity index (χ2v) is 7.48. The van der Waals surface area contributed by atoms with Crippen LogP contribution in [0.15, 0.2) is 42.5 Å². The van der Waals surface area contributed by atoms with Gasteiger partial charge in [-0.2, -0.15) is 0 Å². The fourth-order valence-corrected chi connectivity index (χ4v) is 3.38. The summed E-state index contributed by atoms with van der Waals surface area (Å²) in [7, 11) is 1.50. The molecule has 0 radical (unpaired) electrons. The van der Waals surface area contributed by atoms with E-state index in [-0.39, 0.29) is 34.4 Å². The Morgan fingerprint density at radius 2 is 1.96 bits per heavy atom. The average Bonchev–Trinajstić information content (AvgIpc) is 2.56. The molecule has 0 aliphatic carbocycles. The largest absolute Gasteiger partial charge is 1.00 e. The van der Waals surface area contributed by atoms with Gasteiger partial charge in [0.2, 0.25) is 0 Å². The zero-order valence-corrected chi connectivity index (χ0v) is 16.9. The van der Waals surface area contributed by atoms with E-state index in [1.54, 1.807) is 25.3 Å². The van der Waals surface area contributed by atoms with Gasteiger partial charge in [0.05, 0.1) is 24.3 Å². The minimum absolute atomic E-state index is 0. The number of halogens is 1. The van der Waals surface area contributed by atoms with Gasteiger partial charge >= 0.3 is 18.9 Å². The summed E-state index contributed by atoms with van der Waals surface area (Å²) in [6, 6.07) is 12.7. The van der Waals surface area contributed by atoms with Crippen molar-refractivity contribution in [2.75, 3.05) is 13.7 Å². The Bertz CT molecular complexity index is 713. The molecule has 2 rings (SSSR count). The summed E-state index contributed by atoms with van der Waals surface area (Å²) < 4.78 is 10.9. The van der Waals surface area contributed by atoms with Crippen LogP contribution in [-0.4, -0.2) is 19.2 Å². The zero-order valence-electron chi connectivity index (χ0n) is 16.1. The Labute approximate surface area is 169 Å². The molecule has 0 aliphatic heterocycles. The molecule has 0 aromatic heterocycles. The van der Waals surface area contributed by atoms with Gasteiger partial charge in [-0.15, -0.1) is 0 Å². The van der Waals surface area contributed by atoms with E-state index in [1.165, 1.54) is 0 Å². The van der Waals surface area contributed by atoms with Crippen LogP contribution in [0.5, 0.6) is 11.5 Å². The Hall–Kier alpha value is -0.973. The molecule has 130 valence electrons. The number of carbonyl (C=O) groups excluding carboxylic acids is 1. The summed E-state index contributed by atoms with van der Waals surface area (Å²) in [5.41, 5.74) is 0.578. The number of para-hydroxylation sites is 1. The summed E-state index contributed by atoms with van der Waals surface area (Å²) in [4.78, 5) is 12.5. The van der Waals surface area contributed by atoms with Crippen molar-refractivity contribution in [3.8, 4) is 11.5 Å². The molecule has 0 saturated carbocycles. The van der Waals surface area contributed by atoms with Crippen molar-refractivity contribution in [3.05, 3.63) is 53.1 Å². The zero-order chi connectivity index (χ0) is 17.5. The topological polar surface area (TPSA) is 35.5 Å². The summed E-state index contributed by atoms with van der Waals surface area (Å²) in [5, 5.41) is 1.36. The van der Waals surface area contributed by atoms with Crippen molar-refractivity contribution in [1.29, 1.82) is 0 Å². The smallest absolute Gasteiger partial charge is 1.00 e. The molecule has 0 heterocycles. The van der Waals surface area contributed by atoms with E-state index in [0.29, 0.717) is 28.9 Å². The minimum atomic E-state index is -0.0577. The summed E-state index contributed by atoms with van der Waals surface area (Å²) in [6.45, 7) is 4.98. The molecule has 3 nitrogen and oxygen atoms in total. The second-order valence-electron chi connectivity index (χ2n) is 5.83. The first-order chi connectivity index (χ1) is 11.5. The van der Waals surface area contributed by atoms with Gasteiger partial charge in [0.15, 0.2) is 5.52 Å². The van der Waals surface area contributed by atoms with Crippen LogP contribution in [0, 0.1) is 5.92 Å². The number of carbonyl (C=O) groups is 1. The van der Waals surface area contributed by atoms with Crippen LogP contribution >= 0.6 is 20.2 Å². The Morgan fingerprint density at radius 3 is 2.60 bits per heavy atom. The van der Waals surface area contributed by atoms with Gasteiger partial charge in [-0.1, -0.05) is 37.6 Å². The van der Waals surface area contributed by atoms with Crippen LogP contribution in [0.25, 0.3) is 0 Å². The second kappa shape index (κ2) is 10.9. The normalized spacial score (nSPS) is 10.8. The van der Waals surface area contributed by atoms with Gasteiger partial charge in [-0.05, 0) is 56.6 Å². The van der Waals surface area contributed by atoms with Crippen molar-refractivity contribution < 1.29 is 34.6 Å². The molecule has 2 aromatic rings. The third kappa shape index (κ3) is 6.68. The first kappa shape index (κ1) is 22.1. The predicted octanol–water partition coefficient (Wildman–Crippen LogP) is 2.03. The van der Waals surface area contributed by atoms with Crippen LogP contribution in [0.2, 0.25) is 5.02 Å². The van der Waals surface area contributed by atoms with E-state index >= 15 is 0 Å². The molecule has 0 saturated heterocycles. The molecule has 2 aromatic carbocycles. The molecule has 1 atom stereocenters. The number of rotatable bonds is 8. The Balaban J connectivity index is 0.00000312. The molecule has 0 spiro atoms. The van der Waals surface area contributed by atoms with Gasteiger partial charge in [0.25, 0.3) is 0 Å². The van der Waals surface area contributed by atoms with Gasteiger partial charge in [0, 0.05) is 0 Å². The molecule has 6 heteroatoms. The van der Waals surface area contributed by atoms with E-state index in [2.05, 4.69) is 13.8 Å². The maximum absolute atomic E-state index is 12.5. The number of methoxy groups -OCH3 is 1. The summed E-state index contributed by atoms with van der Waals surface area (Å²) in [5.74, 6) is 1.92. The van der Waals surface area contributed by atoms with E-state index in [4.69, 9.17) is 21.1 Å². The molecule has 0 bridgehead atoms. The molecular formula is C19H23ClLiO3P. The van der Waals surface area contributed by atoms with Crippen LogP contribution in [0.3, 0.4) is 0 Å². The van der Waals surface area contributed by atoms with Crippen molar-refractivity contribution in [2.24, 2.45) is 5.92 Å². The minimum Gasteiger partial charge on any atom is -1.00 e. The molecule has 1 unspecified atom stereocenters. The fourth-order valence-electron chi connectivity index (χ4n) is 2.12. The Kier molecular flexibility index (Phi) is 9.62. The number of hydrogen-bond acceptors (Lipinski definition) is 3. The Morgan fingerprint density at radius 1 is 1.24 bits per heavy atom.